The van der Waals surface area contributed by atoms with Gasteiger partial charge in [0.2, 0.25) is 11.9 Å². The third-order valence-corrected chi connectivity index (χ3v) is 6.01. The van der Waals surface area contributed by atoms with Crippen LogP contribution in [0.2, 0.25) is 0 Å². The molecule has 2 heterocycles. The number of carbonyl (C=O) groups is 1. The molecule has 7 heteroatoms. The number of thiazole rings is 1. The van der Waals surface area contributed by atoms with E-state index < -0.39 is 0 Å². The molecule has 0 saturated carbocycles. The molecular weight excluding hydrogens is 396 g/mol. The zero-order valence-corrected chi connectivity index (χ0v) is 18.0. The van der Waals surface area contributed by atoms with Gasteiger partial charge in [-0.1, -0.05) is 24.3 Å². The van der Waals surface area contributed by atoms with Crippen LogP contribution in [-0.4, -0.2) is 33.7 Å². The standard InChI is InChI=1S/C23H26N4O2S/c1-2-29-16-8-15-27-19-11-5-3-9-17(19)25-23(27)26-21(28)13-7-14-22-24-18-10-4-6-12-20(18)30-22/h3-6,9-12H,2,7-8,13-16H2,1H3,(H,25,26,28). The highest BCUT2D eigenvalue weighted by molar-refractivity contribution is 7.18. The second-order valence-electron chi connectivity index (χ2n) is 7.10. The van der Waals surface area contributed by atoms with Gasteiger partial charge in [0.05, 0.1) is 26.3 Å². The molecule has 4 rings (SSSR count). The van der Waals surface area contributed by atoms with E-state index in [1.165, 1.54) is 4.70 Å². The number of imidazole rings is 1. The van der Waals surface area contributed by atoms with E-state index in [2.05, 4.69) is 25.9 Å². The number of nitrogens with one attached hydrogen (secondary N) is 1. The van der Waals surface area contributed by atoms with Crippen molar-refractivity contribution < 1.29 is 9.53 Å². The normalized spacial score (nSPS) is 11.4. The van der Waals surface area contributed by atoms with Crippen LogP contribution >= 0.6 is 11.3 Å². The SMILES string of the molecule is CCOCCCn1c(NC(=O)CCCc2nc3ccccc3s2)nc2ccccc21. The minimum Gasteiger partial charge on any atom is -0.382 e. The van der Waals surface area contributed by atoms with E-state index in [0.29, 0.717) is 25.6 Å². The van der Waals surface area contributed by atoms with Crippen molar-refractivity contribution in [2.75, 3.05) is 18.5 Å². The fourth-order valence-electron chi connectivity index (χ4n) is 3.48. The molecule has 0 aliphatic heterocycles. The smallest absolute Gasteiger partial charge is 0.226 e. The van der Waals surface area contributed by atoms with Gasteiger partial charge in [-0.25, -0.2) is 9.97 Å². The van der Waals surface area contributed by atoms with Crippen LogP contribution in [0.1, 0.15) is 31.2 Å². The van der Waals surface area contributed by atoms with Crippen LogP contribution in [0.3, 0.4) is 0 Å². The predicted octanol–water partition coefficient (Wildman–Crippen LogP) is 5.03. The van der Waals surface area contributed by atoms with Crippen LogP contribution in [0.5, 0.6) is 0 Å². The first kappa shape index (κ1) is 20.5. The number of rotatable bonds is 10. The summed E-state index contributed by atoms with van der Waals surface area (Å²) in [6.45, 7) is 4.15. The highest BCUT2D eigenvalue weighted by Crippen LogP contribution is 2.23. The number of aryl methyl sites for hydroxylation is 2. The molecule has 0 aliphatic carbocycles. The summed E-state index contributed by atoms with van der Waals surface area (Å²) in [6, 6.07) is 16.1. The van der Waals surface area contributed by atoms with Crippen LogP contribution < -0.4 is 5.32 Å². The second-order valence-corrected chi connectivity index (χ2v) is 8.22. The molecule has 156 valence electrons. The molecule has 2 aromatic heterocycles. The number of anilines is 1. The molecule has 0 atom stereocenters. The van der Waals surface area contributed by atoms with Gasteiger partial charge in [-0.2, -0.15) is 0 Å². The van der Waals surface area contributed by atoms with Crippen molar-refractivity contribution in [2.45, 2.75) is 39.2 Å². The molecule has 2 aromatic carbocycles. The van der Waals surface area contributed by atoms with Crippen molar-refractivity contribution >= 4 is 44.4 Å². The maximum absolute atomic E-state index is 12.6. The van der Waals surface area contributed by atoms with Gasteiger partial charge in [-0.05, 0) is 50.5 Å². The minimum absolute atomic E-state index is 0.0162. The number of nitrogens with zero attached hydrogens (tertiary/aromatic N) is 3. The number of hydrogen-bond donors (Lipinski definition) is 1. The lowest BCUT2D eigenvalue weighted by Crippen LogP contribution is -2.16. The Labute approximate surface area is 179 Å². The van der Waals surface area contributed by atoms with Gasteiger partial charge >= 0.3 is 0 Å². The fourth-order valence-corrected chi connectivity index (χ4v) is 4.49. The van der Waals surface area contributed by atoms with Crippen molar-refractivity contribution in [3.05, 3.63) is 53.5 Å². The Morgan fingerprint density at radius 2 is 1.87 bits per heavy atom. The number of aromatic nitrogens is 3. The average molecular weight is 423 g/mol. The van der Waals surface area contributed by atoms with Crippen LogP contribution in [-0.2, 0) is 22.5 Å². The number of benzene rings is 2. The summed E-state index contributed by atoms with van der Waals surface area (Å²) in [5.41, 5.74) is 2.94. The van der Waals surface area contributed by atoms with Crippen LogP contribution in [0.15, 0.2) is 48.5 Å². The summed E-state index contributed by atoms with van der Waals surface area (Å²) in [5.74, 6) is 0.593. The Morgan fingerprint density at radius 3 is 2.70 bits per heavy atom. The van der Waals surface area contributed by atoms with E-state index in [1.54, 1.807) is 11.3 Å². The maximum Gasteiger partial charge on any atom is 0.226 e. The lowest BCUT2D eigenvalue weighted by atomic mass is 10.2. The summed E-state index contributed by atoms with van der Waals surface area (Å²) in [6.07, 6.45) is 2.88. The first-order valence-corrected chi connectivity index (χ1v) is 11.2. The summed E-state index contributed by atoms with van der Waals surface area (Å²) >= 11 is 1.70. The molecule has 0 saturated heterocycles. The molecule has 0 aliphatic rings. The van der Waals surface area contributed by atoms with Gasteiger partial charge in [0.25, 0.3) is 0 Å². The summed E-state index contributed by atoms with van der Waals surface area (Å²) in [5, 5.41) is 4.08. The first-order chi connectivity index (χ1) is 14.7. The van der Waals surface area contributed by atoms with Crippen LogP contribution in [0.4, 0.5) is 5.95 Å². The Hall–Kier alpha value is -2.77. The van der Waals surface area contributed by atoms with Crippen molar-refractivity contribution in [3.63, 3.8) is 0 Å². The molecule has 0 spiro atoms. The Kier molecular flexibility index (Phi) is 6.71. The molecule has 1 N–H and O–H groups in total. The zero-order valence-electron chi connectivity index (χ0n) is 17.1. The Bertz CT molecular complexity index is 1100. The maximum atomic E-state index is 12.6. The number of carbonyl (C=O) groups excluding carboxylic acids is 1. The molecule has 0 bridgehead atoms. The second kappa shape index (κ2) is 9.82. The molecule has 0 unspecified atom stereocenters. The molecule has 1 amide bonds. The quantitative estimate of drug-likeness (QED) is 0.364. The van der Waals surface area contributed by atoms with Gasteiger partial charge < -0.3 is 9.30 Å². The fraction of sp³-hybridized carbons (Fsp3) is 0.348. The van der Waals surface area contributed by atoms with Gasteiger partial charge in [-0.15, -0.1) is 11.3 Å². The highest BCUT2D eigenvalue weighted by Gasteiger charge is 2.13. The van der Waals surface area contributed by atoms with Crippen LogP contribution in [0, 0.1) is 0 Å². The minimum atomic E-state index is -0.0162. The van der Waals surface area contributed by atoms with Crippen molar-refractivity contribution in [1.82, 2.24) is 14.5 Å². The summed E-state index contributed by atoms with van der Waals surface area (Å²) in [4.78, 5) is 21.8. The third-order valence-electron chi connectivity index (χ3n) is 4.91. The lowest BCUT2D eigenvalue weighted by Gasteiger charge is -2.10. The van der Waals surface area contributed by atoms with Gasteiger partial charge in [0, 0.05) is 26.2 Å². The van der Waals surface area contributed by atoms with E-state index in [1.807, 2.05) is 49.4 Å². The van der Waals surface area contributed by atoms with Gasteiger partial charge in [0.15, 0.2) is 0 Å². The number of fused-ring (bicyclic) bond motifs is 2. The van der Waals surface area contributed by atoms with Crippen molar-refractivity contribution in [1.29, 1.82) is 0 Å². The monoisotopic (exact) mass is 422 g/mol. The molecule has 0 fully saturated rings. The number of hydrogen-bond acceptors (Lipinski definition) is 5. The average Bonchev–Trinajstić information content (AvgIpc) is 3.32. The molecule has 4 aromatic rings. The molecule has 6 nitrogen and oxygen atoms in total. The van der Waals surface area contributed by atoms with E-state index in [0.717, 1.165) is 47.4 Å². The number of amides is 1. The summed E-state index contributed by atoms with van der Waals surface area (Å²) in [7, 11) is 0. The third kappa shape index (κ3) is 4.86. The highest BCUT2D eigenvalue weighted by atomic mass is 32.1. The molecular formula is C23H26N4O2S. The summed E-state index contributed by atoms with van der Waals surface area (Å²) < 4.78 is 8.72. The Balaban J connectivity index is 1.37. The molecule has 30 heavy (non-hydrogen) atoms. The van der Waals surface area contributed by atoms with Crippen molar-refractivity contribution in [3.8, 4) is 0 Å². The van der Waals surface area contributed by atoms with Crippen LogP contribution in [0.25, 0.3) is 21.3 Å². The van der Waals surface area contributed by atoms with Gasteiger partial charge in [0.1, 0.15) is 0 Å². The number of para-hydroxylation sites is 3. The van der Waals surface area contributed by atoms with E-state index in [-0.39, 0.29) is 5.91 Å². The molecule has 0 radical (unpaired) electrons. The zero-order chi connectivity index (χ0) is 20.8. The van der Waals surface area contributed by atoms with E-state index >= 15 is 0 Å². The van der Waals surface area contributed by atoms with Gasteiger partial charge in [-0.3, -0.25) is 10.1 Å². The Morgan fingerprint density at radius 1 is 1.07 bits per heavy atom. The van der Waals surface area contributed by atoms with E-state index in [9.17, 15) is 4.79 Å². The topological polar surface area (TPSA) is 69.0 Å². The first-order valence-electron chi connectivity index (χ1n) is 10.4. The number of ether oxygens (including phenoxy) is 1. The van der Waals surface area contributed by atoms with E-state index in [4.69, 9.17) is 4.74 Å². The largest absolute Gasteiger partial charge is 0.382 e. The van der Waals surface area contributed by atoms with Crippen molar-refractivity contribution in [2.24, 2.45) is 0 Å². The predicted molar refractivity (Wildman–Crippen MR) is 122 cm³/mol. The lowest BCUT2D eigenvalue weighted by molar-refractivity contribution is -0.116.